The molecule has 2 amide bonds. The molecule has 0 unspecified atom stereocenters. The van der Waals surface area contributed by atoms with E-state index in [1.54, 1.807) is 41.5 Å². The number of hydrogen-bond acceptors (Lipinski definition) is 8. The summed E-state index contributed by atoms with van der Waals surface area (Å²) < 4.78 is 19.6. The highest BCUT2D eigenvalue weighted by atomic mass is 16.6. The fourth-order valence-electron chi connectivity index (χ4n) is 1.80. The molecule has 0 saturated heterocycles. The van der Waals surface area contributed by atoms with Gasteiger partial charge in [-0.2, -0.15) is 4.90 Å². The Hall–Kier alpha value is -2.32. The summed E-state index contributed by atoms with van der Waals surface area (Å²) in [6, 6.07) is -1.40. The van der Waals surface area contributed by atoms with Crippen molar-refractivity contribution in [2.75, 3.05) is 14.2 Å². The number of amides is 2. The van der Waals surface area contributed by atoms with Crippen LogP contribution in [0, 0.1) is 0 Å². The molecule has 9 nitrogen and oxygen atoms in total. The van der Waals surface area contributed by atoms with E-state index in [0.717, 1.165) is 7.11 Å². The number of rotatable bonds is 5. The first-order valence-electron chi connectivity index (χ1n) is 8.11. The minimum atomic E-state index is -1.40. The summed E-state index contributed by atoms with van der Waals surface area (Å²) in [6.07, 6.45) is -2.56. The third kappa shape index (κ3) is 8.68. The predicted molar refractivity (Wildman–Crippen MR) is 91.4 cm³/mol. The third-order valence-electron chi connectivity index (χ3n) is 2.81. The topological polar surface area (TPSA) is 108 Å². The Kier molecular flexibility index (Phi) is 8.56. The largest absolute Gasteiger partial charge is 0.469 e. The van der Waals surface area contributed by atoms with Crippen molar-refractivity contribution in [3.63, 3.8) is 0 Å². The number of carbonyl (C=O) groups excluding carboxylic acids is 4. The number of esters is 2. The zero-order valence-electron chi connectivity index (χ0n) is 16.7. The number of carbonyl (C=O) groups is 4. The van der Waals surface area contributed by atoms with E-state index in [-0.39, 0.29) is 12.8 Å². The molecule has 0 aromatic carbocycles. The van der Waals surface area contributed by atoms with Crippen LogP contribution in [-0.2, 0) is 28.5 Å². The van der Waals surface area contributed by atoms with E-state index in [2.05, 4.69) is 9.47 Å². The molecule has 0 aliphatic heterocycles. The smallest absolute Gasteiger partial charge is 0.420 e. The lowest BCUT2D eigenvalue weighted by atomic mass is 10.1. The monoisotopic (exact) mass is 375 g/mol. The third-order valence-corrected chi connectivity index (χ3v) is 2.81. The van der Waals surface area contributed by atoms with Crippen molar-refractivity contribution in [1.82, 2.24) is 4.90 Å². The van der Waals surface area contributed by atoms with Crippen molar-refractivity contribution in [3.05, 3.63) is 0 Å². The summed E-state index contributed by atoms with van der Waals surface area (Å²) in [7, 11) is 2.30. The van der Waals surface area contributed by atoms with Gasteiger partial charge in [-0.3, -0.25) is 4.79 Å². The Morgan fingerprint density at radius 3 is 1.54 bits per heavy atom. The predicted octanol–water partition coefficient (Wildman–Crippen LogP) is 2.65. The molecule has 1 atom stereocenters. The molecule has 150 valence electrons. The first kappa shape index (κ1) is 23.7. The van der Waals surface area contributed by atoms with Crippen LogP contribution in [0.15, 0.2) is 0 Å². The summed E-state index contributed by atoms with van der Waals surface area (Å²) in [4.78, 5) is 49.2. The van der Waals surface area contributed by atoms with Gasteiger partial charge >= 0.3 is 24.1 Å². The van der Waals surface area contributed by atoms with Crippen molar-refractivity contribution >= 4 is 24.1 Å². The molecule has 0 rings (SSSR count). The SMILES string of the molecule is COC(=O)CC[C@@H](C(=O)OC)N(C(=O)OC(C)(C)C)C(=O)OC(C)(C)C. The van der Waals surface area contributed by atoms with Crippen LogP contribution in [0.4, 0.5) is 9.59 Å². The minimum absolute atomic E-state index is 0.197. The Morgan fingerprint density at radius 2 is 1.23 bits per heavy atom. The highest BCUT2D eigenvalue weighted by molar-refractivity contribution is 5.94. The molecule has 0 aliphatic carbocycles. The molecule has 0 bridgehead atoms. The lowest BCUT2D eigenvalue weighted by Gasteiger charge is -2.32. The molecule has 0 aromatic rings. The standard InChI is InChI=1S/C17H29NO8/c1-16(2,3)25-14(21)18(15(22)26-17(4,5)6)11(13(20)24-8)9-10-12(19)23-7/h11H,9-10H2,1-8H3/t11-/m0/s1. The Morgan fingerprint density at radius 1 is 0.808 bits per heavy atom. The summed E-state index contributed by atoms with van der Waals surface area (Å²) >= 11 is 0. The highest BCUT2D eigenvalue weighted by Gasteiger charge is 2.41. The van der Waals surface area contributed by atoms with Gasteiger partial charge in [0.25, 0.3) is 0 Å². The van der Waals surface area contributed by atoms with Crippen molar-refractivity contribution in [3.8, 4) is 0 Å². The maximum atomic E-state index is 12.5. The van der Waals surface area contributed by atoms with Gasteiger partial charge in [-0.15, -0.1) is 0 Å². The average Bonchev–Trinajstić information content (AvgIpc) is 2.46. The van der Waals surface area contributed by atoms with Crippen molar-refractivity contribution < 1.29 is 38.1 Å². The first-order valence-corrected chi connectivity index (χ1v) is 8.11. The second kappa shape index (κ2) is 9.40. The highest BCUT2D eigenvalue weighted by Crippen LogP contribution is 2.20. The lowest BCUT2D eigenvalue weighted by Crippen LogP contribution is -2.52. The number of hydrogen-bond donors (Lipinski definition) is 0. The zero-order chi connectivity index (χ0) is 20.7. The number of methoxy groups -OCH3 is 2. The van der Waals surface area contributed by atoms with Crippen LogP contribution in [0.3, 0.4) is 0 Å². The number of imide groups is 1. The van der Waals surface area contributed by atoms with E-state index < -0.39 is 41.4 Å². The molecular weight excluding hydrogens is 346 g/mol. The van der Waals surface area contributed by atoms with Gasteiger partial charge in [0.05, 0.1) is 14.2 Å². The molecule has 0 N–H and O–H groups in total. The van der Waals surface area contributed by atoms with Gasteiger partial charge in [0.2, 0.25) is 0 Å². The molecule has 0 aromatic heterocycles. The van der Waals surface area contributed by atoms with E-state index in [0.29, 0.717) is 4.90 Å². The van der Waals surface area contributed by atoms with Crippen molar-refractivity contribution in [2.24, 2.45) is 0 Å². The van der Waals surface area contributed by atoms with Crippen LogP contribution in [0.25, 0.3) is 0 Å². The van der Waals surface area contributed by atoms with Gasteiger partial charge in [0, 0.05) is 6.42 Å². The summed E-state index contributed by atoms with van der Waals surface area (Å²) in [5, 5.41) is 0. The van der Waals surface area contributed by atoms with E-state index in [4.69, 9.17) is 9.47 Å². The molecule has 0 fully saturated rings. The maximum absolute atomic E-state index is 12.5. The second-order valence-corrected chi connectivity index (χ2v) is 7.48. The van der Waals surface area contributed by atoms with Crippen molar-refractivity contribution in [1.29, 1.82) is 0 Å². The van der Waals surface area contributed by atoms with E-state index in [1.165, 1.54) is 7.11 Å². The van der Waals surface area contributed by atoms with Gasteiger partial charge in [-0.05, 0) is 48.0 Å². The normalized spacial score (nSPS) is 12.6. The summed E-state index contributed by atoms with van der Waals surface area (Å²) in [6.45, 7) is 9.67. The van der Waals surface area contributed by atoms with Crippen LogP contribution < -0.4 is 0 Å². The fraction of sp³-hybridized carbons (Fsp3) is 0.765. The number of nitrogens with zero attached hydrogens (tertiary/aromatic N) is 1. The minimum Gasteiger partial charge on any atom is -0.469 e. The average molecular weight is 375 g/mol. The molecular formula is C17H29NO8. The summed E-state index contributed by atoms with van der Waals surface area (Å²) in [5.74, 6) is -1.49. The molecule has 0 aliphatic rings. The van der Waals surface area contributed by atoms with Gasteiger partial charge < -0.3 is 18.9 Å². The zero-order valence-corrected chi connectivity index (χ0v) is 16.7. The van der Waals surface area contributed by atoms with Crippen LogP contribution in [0.2, 0.25) is 0 Å². The van der Waals surface area contributed by atoms with E-state index in [9.17, 15) is 19.2 Å². The van der Waals surface area contributed by atoms with Crippen LogP contribution in [0.1, 0.15) is 54.4 Å². The molecule has 0 saturated carbocycles. The Bertz CT molecular complexity index is 502. The van der Waals surface area contributed by atoms with Crippen LogP contribution in [-0.4, -0.2) is 60.5 Å². The molecule has 0 heterocycles. The van der Waals surface area contributed by atoms with Gasteiger partial charge in [-0.25, -0.2) is 14.4 Å². The Balaban J connectivity index is 5.77. The van der Waals surface area contributed by atoms with Crippen molar-refractivity contribution in [2.45, 2.75) is 71.6 Å². The molecule has 0 spiro atoms. The van der Waals surface area contributed by atoms with Gasteiger partial charge in [0.1, 0.15) is 17.2 Å². The maximum Gasteiger partial charge on any atom is 0.420 e. The lowest BCUT2D eigenvalue weighted by molar-refractivity contribution is -0.148. The summed E-state index contributed by atoms with van der Waals surface area (Å²) in [5.41, 5.74) is -1.83. The van der Waals surface area contributed by atoms with Crippen LogP contribution in [0.5, 0.6) is 0 Å². The van der Waals surface area contributed by atoms with E-state index >= 15 is 0 Å². The number of ether oxygens (including phenoxy) is 4. The molecule has 9 heteroatoms. The quantitative estimate of drug-likeness (QED) is 0.533. The fourth-order valence-corrected chi connectivity index (χ4v) is 1.80. The Labute approximate surface area is 153 Å². The van der Waals surface area contributed by atoms with Gasteiger partial charge in [-0.1, -0.05) is 0 Å². The molecule has 26 heavy (non-hydrogen) atoms. The first-order chi connectivity index (χ1) is 11.7. The molecule has 0 radical (unpaired) electrons. The van der Waals surface area contributed by atoms with Gasteiger partial charge in [0.15, 0.2) is 0 Å². The van der Waals surface area contributed by atoms with E-state index in [1.807, 2.05) is 0 Å². The van der Waals surface area contributed by atoms with Crippen LogP contribution >= 0.6 is 0 Å². The second-order valence-electron chi connectivity index (χ2n) is 7.48.